The number of hydrogen-bond acceptors (Lipinski definition) is 6. The van der Waals surface area contributed by atoms with Crippen molar-refractivity contribution < 1.29 is 32.7 Å². The van der Waals surface area contributed by atoms with Crippen molar-refractivity contribution in [2.24, 2.45) is 0 Å². The van der Waals surface area contributed by atoms with Gasteiger partial charge in [-0.1, -0.05) is 24.3 Å². The Morgan fingerprint density at radius 3 is 2.60 bits per heavy atom. The molecule has 2 aromatic rings. The summed E-state index contributed by atoms with van der Waals surface area (Å²) in [5.41, 5.74) is 0.840. The average molecular weight is 363 g/mol. The highest BCUT2D eigenvalue weighted by molar-refractivity contribution is 7.90. The van der Waals surface area contributed by atoms with E-state index in [2.05, 4.69) is 0 Å². The fourth-order valence-electron chi connectivity index (χ4n) is 2.55. The SMILES string of the molecule is O=C(O)NS(=O)(=O)CC1OB(O)c2cc(Oc3ccccc3)ccc21. The van der Waals surface area contributed by atoms with Gasteiger partial charge in [-0.25, -0.2) is 17.9 Å². The number of para-hydroxylation sites is 1. The summed E-state index contributed by atoms with van der Waals surface area (Å²) >= 11 is 0. The average Bonchev–Trinajstić information content (AvgIpc) is 2.82. The van der Waals surface area contributed by atoms with Crippen LogP contribution in [0.2, 0.25) is 0 Å². The Morgan fingerprint density at radius 1 is 1.20 bits per heavy atom. The van der Waals surface area contributed by atoms with Gasteiger partial charge in [-0.2, -0.15) is 0 Å². The van der Waals surface area contributed by atoms with Crippen LogP contribution in [0, 0.1) is 0 Å². The number of rotatable bonds is 5. The predicted molar refractivity (Wildman–Crippen MR) is 89.3 cm³/mol. The van der Waals surface area contributed by atoms with Crippen LogP contribution in [0.15, 0.2) is 48.5 Å². The van der Waals surface area contributed by atoms with Gasteiger partial charge in [-0.05, 0) is 35.3 Å². The number of carbonyl (C=O) groups is 1. The molecule has 0 saturated heterocycles. The molecule has 10 heteroatoms. The van der Waals surface area contributed by atoms with Crippen LogP contribution >= 0.6 is 0 Å². The van der Waals surface area contributed by atoms with E-state index in [0.29, 0.717) is 22.5 Å². The van der Waals surface area contributed by atoms with Gasteiger partial charge in [0.15, 0.2) is 0 Å². The minimum atomic E-state index is -4.11. The zero-order chi connectivity index (χ0) is 18.0. The van der Waals surface area contributed by atoms with Crippen molar-refractivity contribution in [2.75, 3.05) is 5.75 Å². The first-order valence-electron chi connectivity index (χ1n) is 7.28. The molecule has 0 saturated carbocycles. The maximum absolute atomic E-state index is 11.7. The van der Waals surface area contributed by atoms with E-state index < -0.39 is 35.1 Å². The first-order valence-corrected chi connectivity index (χ1v) is 8.93. The molecule has 8 nitrogen and oxygen atoms in total. The summed E-state index contributed by atoms with van der Waals surface area (Å²) in [5.74, 6) is 0.447. The van der Waals surface area contributed by atoms with Crippen LogP contribution in [-0.4, -0.2) is 37.5 Å². The molecule has 1 aliphatic heterocycles. The van der Waals surface area contributed by atoms with E-state index in [9.17, 15) is 18.2 Å². The second-order valence-electron chi connectivity index (χ2n) is 5.37. The summed E-state index contributed by atoms with van der Waals surface area (Å²) in [6.45, 7) is 0. The summed E-state index contributed by atoms with van der Waals surface area (Å²) in [4.78, 5) is 10.5. The first-order chi connectivity index (χ1) is 11.8. The number of ether oxygens (including phenoxy) is 1. The molecule has 1 heterocycles. The molecule has 130 valence electrons. The molecule has 0 spiro atoms. The Morgan fingerprint density at radius 2 is 1.92 bits per heavy atom. The van der Waals surface area contributed by atoms with Gasteiger partial charge in [0.05, 0.1) is 11.9 Å². The lowest BCUT2D eigenvalue weighted by atomic mass is 9.79. The van der Waals surface area contributed by atoms with Crippen molar-refractivity contribution >= 4 is 28.7 Å². The summed E-state index contributed by atoms with van der Waals surface area (Å²) < 4.78 is 35.8. The highest BCUT2D eigenvalue weighted by atomic mass is 32.2. The molecule has 2 aromatic carbocycles. The van der Waals surface area contributed by atoms with E-state index in [1.165, 1.54) is 4.72 Å². The van der Waals surface area contributed by atoms with Crippen molar-refractivity contribution in [1.29, 1.82) is 0 Å². The number of fused-ring (bicyclic) bond motifs is 1. The normalized spacial score (nSPS) is 16.4. The monoisotopic (exact) mass is 363 g/mol. The third-order valence-electron chi connectivity index (χ3n) is 3.56. The van der Waals surface area contributed by atoms with Crippen LogP contribution < -0.4 is 14.9 Å². The molecule has 0 fully saturated rings. The molecule has 3 rings (SSSR count). The highest BCUT2D eigenvalue weighted by Crippen LogP contribution is 2.28. The lowest BCUT2D eigenvalue weighted by molar-refractivity contribution is 0.199. The fourth-order valence-corrected chi connectivity index (χ4v) is 3.56. The Hall–Kier alpha value is -2.56. The largest absolute Gasteiger partial charge is 0.492 e. The Bertz CT molecular complexity index is 888. The molecule has 1 unspecified atom stereocenters. The molecule has 0 radical (unpaired) electrons. The standard InChI is InChI=1S/C15H14BNO7S/c18-15(19)17-25(21,22)9-14-12-7-6-11(8-13(12)16(20)24-14)23-10-4-2-1-3-5-10/h1-8,14,17,20H,9H2,(H,18,19). The number of benzene rings is 2. The maximum atomic E-state index is 11.7. The zero-order valence-electron chi connectivity index (χ0n) is 12.8. The Kier molecular flexibility index (Phi) is 4.66. The van der Waals surface area contributed by atoms with Gasteiger partial charge >= 0.3 is 13.2 Å². The smallest absolute Gasteiger partial charge is 0.464 e. The van der Waals surface area contributed by atoms with Gasteiger partial charge < -0.3 is 19.5 Å². The first kappa shape index (κ1) is 17.3. The second-order valence-corrected chi connectivity index (χ2v) is 7.14. The van der Waals surface area contributed by atoms with Gasteiger partial charge in [0.25, 0.3) is 0 Å². The summed E-state index contributed by atoms with van der Waals surface area (Å²) in [7, 11) is -5.43. The van der Waals surface area contributed by atoms with Crippen LogP contribution in [0.5, 0.6) is 11.5 Å². The summed E-state index contributed by atoms with van der Waals surface area (Å²) in [5, 5.41) is 18.6. The molecule has 0 aromatic heterocycles. The quantitative estimate of drug-likeness (QED) is 0.673. The van der Waals surface area contributed by atoms with Gasteiger partial charge in [0.1, 0.15) is 11.5 Å². The Labute approximate surface area is 144 Å². The van der Waals surface area contributed by atoms with E-state index in [-0.39, 0.29) is 0 Å². The molecular weight excluding hydrogens is 349 g/mol. The predicted octanol–water partition coefficient (Wildman–Crippen LogP) is 0.835. The van der Waals surface area contributed by atoms with Gasteiger partial charge in [0, 0.05) is 0 Å². The molecular formula is C15H14BNO7S. The molecule has 25 heavy (non-hydrogen) atoms. The van der Waals surface area contributed by atoms with E-state index in [4.69, 9.17) is 14.5 Å². The molecule has 0 bridgehead atoms. The topological polar surface area (TPSA) is 122 Å². The van der Waals surface area contributed by atoms with Crippen molar-refractivity contribution in [1.82, 2.24) is 4.72 Å². The third kappa shape index (κ3) is 4.10. The molecule has 1 amide bonds. The lowest BCUT2D eigenvalue weighted by Crippen LogP contribution is -2.33. The van der Waals surface area contributed by atoms with Crippen LogP contribution in [0.4, 0.5) is 4.79 Å². The molecule has 1 atom stereocenters. The number of nitrogens with one attached hydrogen (secondary N) is 1. The summed E-state index contributed by atoms with van der Waals surface area (Å²) in [6, 6.07) is 13.8. The minimum Gasteiger partial charge on any atom is -0.464 e. The van der Waals surface area contributed by atoms with Gasteiger partial charge in [0.2, 0.25) is 10.0 Å². The van der Waals surface area contributed by atoms with E-state index >= 15 is 0 Å². The lowest BCUT2D eigenvalue weighted by Gasteiger charge is -2.13. The van der Waals surface area contributed by atoms with Gasteiger partial charge in [-0.3, -0.25) is 0 Å². The van der Waals surface area contributed by atoms with Gasteiger partial charge in [-0.15, -0.1) is 0 Å². The van der Waals surface area contributed by atoms with E-state index in [1.807, 2.05) is 18.2 Å². The Balaban J connectivity index is 1.81. The van der Waals surface area contributed by atoms with Crippen LogP contribution in [0.3, 0.4) is 0 Å². The number of sulfonamides is 1. The number of amides is 1. The molecule has 0 aliphatic carbocycles. The van der Waals surface area contributed by atoms with Crippen molar-refractivity contribution in [3.8, 4) is 11.5 Å². The van der Waals surface area contributed by atoms with Crippen molar-refractivity contribution in [2.45, 2.75) is 6.10 Å². The molecule has 1 aliphatic rings. The second kappa shape index (κ2) is 6.75. The highest BCUT2D eigenvalue weighted by Gasteiger charge is 2.38. The molecule has 3 N–H and O–H groups in total. The number of hydrogen-bond donors (Lipinski definition) is 3. The van der Waals surface area contributed by atoms with Crippen molar-refractivity contribution in [3.05, 3.63) is 54.1 Å². The minimum absolute atomic E-state index is 0.379. The van der Waals surface area contributed by atoms with Crippen LogP contribution in [-0.2, 0) is 14.7 Å². The zero-order valence-corrected chi connectivity index (χ0v) is 13.6. The maximum Gasteiger partial charge on any atom is 0.492 e. The van der Waals surface area contributed by atoms with E-state index in [0.717, 1.165) is 0 Å². The fraction of sp³-hybridized carbons (Fsp3) is 0.133. The van der Waals surface area contributed by atoms with E-state index in [1.54, 1.807) is 30.3 Å². The summed E-state index contributed by atoms with van der Waals surface area (Å²) in [6.07, 6.45) is -2.65. The van der Waals surface area contributed by atoms with Crippen molar-refractivity contribution in [3.63, 3.8) is 0 Å². The van der Waals surface area contributed by atoms with Crippen LogP contribution in [0.25, 0.3) is 0 Å². The third-order valence-corrected chi connectivity index (χ3v) is 4.78. The van der Waals surface area contributed by atoms with Crippen LogP contribution in [0.1, 0.15) is 11.7 Å². The number of carboxylic acid groups (broad SMARTS) is 1.